The van der Waals surface area contributed by atoms with Crippen LogP contribution in [0.4, 0.5) is 5.69 Å². The fraction of sp³-hybridized carbons (Fsp3) is 0. The highest BCUT2D eigenvalue weighted by Crippen LogP contribution is 2.27. The van der Waals surface area contributed by atoms with Gasteiger partial charge in [0.05, 0.1) is 0 Å². The van der Waals surface area contributed by atoms with Crippen LogP contribution in [0.15, 0.2) is 54.9 Å². The molecule has 5 heteroatoms. The summed E-state index contributed by atoms with van der Waals surface area (Å²) >= 11 is 2.26. The Balaban J connectivity index is 2.18. The van der Waals surface area contributed by atoms with Crippen LogP contribution in [0.5, 0.6) is 0 Å². The zero-order valence-corrected chi connectivity index (χ0v) is 12.2. The maximum Gasteiger partial charge on any atom is 0.170 e. The molecule has 3 aromatic rings. The normalized spacial score (nSPS) is 10.6. The molecule has 0 spiro atoms. The minimum atomic E-state index is 0.700. The second-order valence-corrected chi connectivity index (χ2v) is 5.34. The van der Waals surface area contributed by atoms with E-state index in [1.165, 1.54) is 0 Å². The van der Waals surface area contributed by atoms with Crippen molar-refractivity contribution in [1.29, 1.82) is 0 Å². The van der Waals surface area contributed by atoms with Gasteiger partial charge in [0.2, 0.25) is 0 Å². The molecule has 0 radical (unpaired) electrons. The summed E-state index contributed by atoms with van der Waals surface area (Å²) in [6, 6.07) is 15.8. The zero-order chi connectivity index (χ0) is 13.2. The Labute approximate surface area is 124 Å². The predicted octanol–water partition coefficient (Wildman–Crippen LogP) is 3.12. The van der Waals surface area contributed by atoms with E-state index in [0.717, 1.165) is 20.6 Å². The molecule has 4 nitrogen and oxygen atoms in total. The number of aromatic nitrogens is 3. The molecule has 1 heterocycles. The lowest BCUT2D eigenvalue weighted by molar-refractivity contribution is 1.06. The smallest absolute Gasteiger partial charge is 0.170 e. The van der Waals surface area contributed by atoms with Crippen molar-refractivity contribution in [1.82, 2.24) is 14.8 Å². The molecule has 2 aromatic carbocycles. The number of anilines is 1. The number of benzene rings is 2. The molecule has 2 N–H and O–H groups in total. The molecule has 0 saturated heterocycles. The van der Waals surface area contributed by atoms with Gasteiger partial charge in [-0.3, -0.25) is 4.57 Å². The summed E-state index contributed by atoms with van der Waals surface area (Å²) < 4.78 is 3.05. The van der Waals surface area contributed by atoms with Gasteiger partial charge in [0.25, 0.3) is 0 Å². The van der Waals surface area contributed by atoms with Crippen LogP contribution in [-0.2, 0) is 0 Å². The first kappa shape index (κ1) is 12.2. The van der Waals surface area contributed by atoms with Crippen LogP contribution in [0.3, 0.4) is 0 Å². The first-order valence-electron chi connectivity index (χ1n) is 5.76. The molecular formula is C14H11IN4. The molecule has 19 heavy (non-hydrogen) atoms. The fourth-order valence-electron chi connectivity index (χ4n) is 1.92. The van der Waals surface area contributed by atoms with E-state index in [0.29, 0.717) is 5.69 Å². The molecule has 0 bridgehead atoms. The maximum absolute atomic E-state index is 6.04. The Bertz CT molecular complexity index is 706. The Kier molecular flexibility index (Phi) is 3.20. The van der Waals surface area contributed by atoms with Crippen molar-refractivity contribution in [3.63, 3.8) is 0 Å². The highest BCUT2D eigenvalue weighted by atomic mass is 127. The third-order valence-corrected chi connectivity index (χ3v) is 3.51. The first-order valence-corrected chi connectivity index (χ1v) is 6.84. The average molecular weight is 362 g/mol. The van der Waals surface area contributed by atoms with E-state index in [1.54, 1.807) is 6.33 Å². The van der Waals surface area contributed by atoms with Crippen LogP contribution in [0.2, 0.25) is 0 Å². The average Bonchev–Trinajstić information content (AvgIpc) is 2.91. The minimum Gasteiger partial charge on any atom is -0.398 e. The quantitative estimate of drug-likeness (QED) is 0.563. The maximum atomic E-state index is 6.04. The van der Waals surface area contributed by atoms with Gasteiger partial charge in [0.15, 0.2) is 5.82 Å². The van der Waals surface area contributed by atoms with Crippen molar-refractivity contribution in [2.75, 3.05) is 5.73 Å². The molecule has 0 saturated carbocycles. The number of nitrogen functional groups attached to an aromatic ring is 1. The van der Waals surface area contributed by atoms with Gasteiger partial charge in [-0.25, -0.2) is 0 Å². The minimum absolute atomic E-state index is 0.700. The predicted molar refractivity (Wildman–Crippen MR) is 83.9 cm³/mol. The number of nitrogens with zero attached hydrogens (tertiary/aromatic N) is 3. The largest absolute Gasteiger partial charge is 0.398 e. The topological polar surface area (TPSA) is 56.7 Å². The Hall–Kier alpha value is -1.89. The Morgan fingerprint density at radius 2 is 1.84 bits per heavy atom. The van der Waals surface area contributed by atoms with Gasteiger partial charge in [-0.15, -0.1) is 10.2 Å². The van der Waals surface area contributed by atoms with E-state index in [-0.39, 0.29) is 0 Å². The number of nitrogens with two attached hydrogens (primary N) is 1. The zero-order valence-electron chi connectivity index (χ0n) is 9.99. The second-order valence-electron chi connectivity index (χ2n) is 4.09. The standard InChI is InChI=1S/C14H11IN4/c15-10-6-7-13(16)12(8-10)14-18-17-9-19(14)11-4-2-1-3-5-11/h1-9H,16H2. The lowest BCUT2D eigenvalue weighted by Gasteiger charge is -2.08. The summed E-state index contributed by atoms with van der Waals surface area (Å²) in [5.41, 5.74) is 8.65. The van der Waals surface area contributed by atoms with Gasteiger partial charge in [-0.1, -0.05) is 18.2 Å². The monoisotopic (exact) mass is 362 g/mol. The number of para-hydroxylation sites is 1. The molecule has 0 aliphatic carbocycles. The lowest BCUT2D eigenvalue weighted by atomic mass is 10.1. The van der Waals surface area contributed by atoms with Gasteiger partial charge in [-0.05, 0) is 52.9 Å². The molecule has 1 aromatic heterocycles. The van der Waals surface area contributed by atoms with Crippen molar-refractivity contribution >= 4 is 28.3 Å². The molecule has 94 valence electrons. The Morgan fingerprint density at radius 1 is 1.05 bits per heavy atom. The number of rotatable bonds is 2. The summed E-state index contributed by atoms with van der Waals surface area (Å²) in [5, 5.41) is 8.20. The van der Waals surface area contributed by atoms with E-state index >= 15 is 0 Å². The highest BCUT2D eigenvalue weighted by Gasteiger charge is 2.12. The molecule has 0 atom stereocenters. The van der Waals surface area contributed by atoms with Crippen LogP contribution in [0.1, 0.15) is 0 Å². The van der Waals surface area contributed by atoms with Crippen LogP contribution < -0.4 is 5.73 Å². The summed E-state index contributed by atoms with van der Waals surface area (Å²) in [5.74, 6) is 0.752. The van der Waals surface area contributed by atoms with E-state index in [4.69, 9.17) is 5.73 Å². The molecule has 0 unspecified atom stereocenters. The van der Waals surface area contributed by atoms with Crippen molar-refractivity contribution in [3.05, 3.63) is 58.4 Å². The van der Waals surface area contributed by atoms with Gasteiger partial charge in [0, 0.05) is 20.5 Å². The van der Waals surface area contributed by atoms with Crippen LogP contribution in [0, 0.1) is 3.57 Å². The molecular weight excluding hydrogens is 351 g/mol. The highest BCUT2D eigenvalue weighted by molar-refractivity contribution is 14.1. The van der Waals surface area contributed by atoms with E-state index < -0.39 is 0 Å². The van der Waals surface area contributed by atoms with Crippen molar-refractivity contribution in [2.24, 2.45) is 0 Å². The first-order chi connectivity index (χ1) is 9.25. The molecule has 0 aliphatic heterocycles. The molecule has 0 aliphatic rings. The van der Waals surface area contributed by atoms with E-state index in [1.807, 2.05) is 53.1 Å². The summed E-state index contributed by atoms with van der Waals surface area (Å²) in [6.45, 7) is 0. The summed E-state index contributed by atoms with van der Waals surface area (Å²) in [6.07, 6.45) is 1.70. The summed E-state index contributed by atoms with van der Waals surface area (Å²) in [7, 11) is 0. The van der Waals surface area contributed by atoms with Gasteiger partial charge in [0.1, 0.15) is 6.33 Å². The third-order valence-electron chi connectivity index (χ3n) is 2.84. The molecule has 0 fully saturated rings. The van der Waals surface area contributed by atoms with Gasteiger partial charge < -0.3 is 5.73 Å². The van der Waals surface area contributed by atoms with Crippen LogP contribution in [-0.4, -0.2) is 14.8 Å². The van der Waals surface area contributed by atoms with Gasteiger partial charge in [-0.2, -0.15) is 0 Å². The number of hydrogen-bond acceptors (Lipinski definition) is 3. The van der Waals surface area contributed by atoms with Crippen molar-refractivity contribution < 1.29 is 0 Å². The van der Waals surface area contributed by atoms with E-state index in [2.05, 4.69) is 32.8 Å². The summed E-state index contributed by atoms with van der Waals surface area (Å²) in [4.78, 5) is 0. The molecule has 3 rings (SSSR count). The SMILES string of the molecule is Nc1ccc(I)cc1-c1nncn1-c1ccccc1. The fourth-order valence-corrected chi connectivity index (χ4v) is 2.41. The van der Waals surface area contributed by atoms with Crippen molar-refractivity contribution in [3.8, 4) is 17.1 Å². The van der Waals surface area contributed by atoms with Crippen LogP contribution in [0.25, 0.3) is 17.1 Å². The molecule has 0 amide bonds. The lowest BCUT2D eigenvalue weighted by Crippen LogP contribution is -1.99. The van der Waals surface area contributed by atoms with E-state index in [9.17, 15) is 0 Å². The van der Waals surface area contributed by atoms with Crippen LogP contribution >= 0.6 is 22.6 Å². The second kappa shape index (κ2) is 5.00. The number of halogens is 1. The number of hydrogen-bond donors (Lipinski definition) is 1. The third kappa shape index (κ3) is 2.33. The van der Waals surface area contributed by atoms with Gasteiger partial charge >= 0.3 is 0 Å². The van der Waals surface area contributed by atoms with Crippen molar-refractivity contribution in [2.45, 2.75) is 0 Å². The Morgan fingerprint density at radius 3 is 2.63 bits per heavy atom.